The number of halogens is 4. The molecule has 122 heavy (non-hydrogen) atoms. The molecule has 1 unspecified atom stereocenters. The van der Waals surface area contributed by atoms with Gasteiger partial charge in [0.15, 0.2) is 130 Å². The van der Waals surface area contributed by atoms with E-state index >= 15 is 13.2 Å². The normalized spacial score (nSPS) is 23.9. The Morgan fingerprint density at radius 1 is 0.500 bits per heavy atom. The SMILES string of the molecule is CC[C@H]1O[C@@H](n2cnc3c(NC(=O)c4ccccc4)ncnc32)[C@H](F)[C@@H]1OP(=O)(CC[C@H]1O[C@@H](n2cnc3c(NC(=O)c4ccccc4)ncnc32)[C@H](F)[C@@H]1O)OCCC#N.NC[C@H]1O[C@@H](n2cnc3c(NC(=O)c4ccccc4)ncnc32)[C@H](F)[C@@H]1O.[C-]#[N+]CCOC(=O)O[C@H]1[C@@H](F)[C@H](n2cnc3c(NC(=O)c4ccccc4)ncnc32)O[C@@H]1CC. The van der Waals surface area contributed by atoms with E-state index < -0.39 is 130 Å². The number of amides is 4. The van der Waals surface area contributed by atoms with E-state index in [1.165, 1.54) is 62.6 Å². The number of imidazole rings is 4. The Kier molecular flexibility index (Phi) is 26.9. The highest BCUT2D eigenvalue weighted by Gasteiger charge is 2.53. The van der Waals surface area contributed by atoms with E-state index in [9.17, 15) is 48.4 Å². The first-order valence-corrected chi connectivity index (χ1v) is 39.8. The molecule has 17 atom stereocenters. The summed E-state index contributed by atoms with van der Waals surface area (Å²) in [7, 11) is -4.32. The molecular formula is C78H76F4N23O16P. The van der Waals surface area contributed by atoms with Crippen molar-refractivity contribution >= 4 is 105 Å². The molecule has 0 aliphatic carbocycles. The number of nitrogens with one attached hydrogen (secondary N) is 4. The maximum absolute atomic E-state index is 16.6. The fourth-order valence-corrected chi connectivity index (χ4v) is 15.7. The minimum absolute atomic E-state index is 0.0149. The quantitative estimate of drug-likeness (QED) is 0.00873. The molecule has 0 radical (unpaired) electrons. The highest BCUT2D eigenvalue weighted by molar-refractivity contribution is 7.53. The summed E-state index contributed by atoms with van der Waals surface area (Å²) in [4.78, 5) is 116. The van der Waals surface area contributed by atoms with Crippen LogP contribution in [-0.4, -0.2) is 224 Å². The molecule has 632 valence electrons. The number of carbonyl (C=O) groups excluding carboxylic acids is 5. The van der Waals surface area contributed by atoms with Gasteiger partial charge in [-0.25, -0.2) is 88.7 Å². The Balaban J connectivity index is 0.000000167. The second-order valence-corrected chi connectivity index (χ2v) is 29.7. The molecule has 8 N–H and O–H groups in total. The number of carbonyl (C=O) groups is 5. The molecule has 39 nitrogen and oxygen atoms in total. The lowest BCUT2D eigenvalue weighted by Crippen LogP contribution is -2.34. The maximum atomic E-state index is 16.6. The first kappa shape index (κ1) is 85.2. The molecule has 0 saturated carbocycles. The van der Waals surface area contributed by atoms with Crippen molar-refractivity contribution in [2.45, 2.75) is 138 Å². The fourth-order valence-electron chi connectivity index (χ4n) is 13.8. The standard InChI is InChI=1S/C39H38F2N11O8P.C22H21FN6O5.C17H17FN6O3/c1-2-24-31(27(41)39(58-24)52-21-48-29-33(44-19-46-35(29)52)50-37(55)23-12-7-4-8-13-23)60-61(56,57-16-9-15-42)17-14-25-30(53)26(40)38(59-25)51-20-47-28-32(43-18-45-34(28)51)49-36(54)22-10-5-3-6-11-22;1-3-14-17(34-22(31)32-10-9-24-2)15(23)21(33-14)29-12-27-16-18(25-11-26-19(16)29)28-20(30)13-7-5-4-6-8-13;18-11-13(25)10(6-19)27-17(11)24-8-22-12-14(20-7-21-15(12)24)23-16(26)9-4-2-1-3-5-9/h3-8,10-13,18-21,24-27,30-31,38-39,53H,2,9,14,16-17H2,1H3,(H,43,45,49,54)(H,44,46,50,55);4-8,11-12,14-15,17,21H,3,9-10H2,1H3,(H,25,26,28,30);1-5,7-8,10-11,13,17,25H,6,19H2,(H,20,21,23,26)/t24-,25-,26-,27-,30-,31-,38-,39-,61?;14-,15-,17-,21-;10-,11-,13-,17-/m111/s1. The molecule has 0 spiro atoms. The number of hydrogen-bond acceptors (Lipinski definition) is 30. The van der Waals surface area contributed by atoms with E-state index in [4.69, 9.17) is 49.8 Å². The number of fused-ring (bicyclic) bond motifs is 4. The summed E-state index contributed by atoms with van der Waals surface area (Å²) in [5.41, 5.74) is 8.73. The van der Waals surface area contributed by atoms with Gasteiger partial charge >= 0.3 is 13.8 Å². The lowest BCUT2D eigenvalue weighted by Gasteiger charge is -2.26. The summed E-state index contributed by atoms with van der Waals surface area (Å²) in [6.07, 6.45) is -13.4. The summed E-state index contributed by atoms with van der Waals surface area (Å²) in [6, 6.07) is 36.0. The van der Waals surface area contributed by atoms with E-state index in [2.05, 4.69) is 85.9 Å². The zero-order valence-corrected chi connectivity index (χ0v) is 65.4. The van der Waals surface area contributed by atoms with E-state index in [0.717, 1.165) is 6.33 Å². The highest BCUT2D eigenvalue weighted by atomic mass is 31.2. The van der Waals surface area contributed by atoms with Gasteiger partial charge in [0.25, 0.3) is 23.6 Å². The van der Waals surface area contributed by atoms with Gasteiger partial charge in [-0.15, -0.1) is 0 Å². The Bertz CT molecular complexity index is 5850. The van der Waals surface area contributed by atoms with Gasteiger partial charge in [-0.1, -0.05) is 86.6 Å². The number of alkyl halides is 4. The van der Waals surface area contributed by atoms with Crippen molar-refractivity contribution in [3.63, 3.8) is 0 Å². The number of anilines is 4. The Hall–Kier alpha value is -13.2. The average molecular weight is 1700 g/mol. The Morgan fingerprint density at radius 2 is 0.836 bits per heavy atom. The average Bonchev–Trinajstić information content (AvgIpc) is 1.62. The predicted octanol–water partition coefficient (Wildman–Crippen LogP) is 9.11. The van der Waals surface area contributed by atoms with Gasteiger partial charge in [-0.05, 0) is 67.8 Å². The first-order chi connectivity index (χ1) is 59.2. The largest absolute Gasteiger partial charge is 0.509 e. The lowest BCUT2D eigenvalue weighted by atomic mass is 10.1. The van der Waals surface area contributed by atoms with Crippen LogP contribution in [0.2, 0.25) is 0 Å². The summed E-state index contributed by atoms with van der Waals surface area (Å²) < 4.78 is 127. The van der Waals surface area contributed by atoms with Crippen LogP contribution < -0.4 is 27.0 Å². The van der Waals surface area contributed by atoms with Gasteiger partial charge in [0.1, 0.15) is 55.8 Å². The number of ether oxygens (including phenoxy) is 6. The number of aliphatic hydroxyl groups is 2. The van der Waals surface area contributed by atoms with Crippen LogP contribution in [0.4, 0.5) is 45.6 Å². The molecular weight excluding hydrogens is 1620 g/mol. The molecule has 4 aromatic carbocycles. The van der Waals surface area contributed by atoms with Crippen molar-refractivity contribution in [3.8, 4) is 6.07 Å². The molecule has 4 amide bonds. The van der Waals surface area contributed by atoms with Crippen molar-refractivity contribution in [2.24, 2.45) is 5.73 Å². The summed E-state index contributed by atoms with van der Waals surface area (Å²) in [5, 5.41) is 40.8. The van der Waals surface area contributed by atoms with Crippen LogP contribution in [0, 0.1) is 17.9 Å². The molecule has 8 aromatic heterocycles. The molecule has 4 aliphatic heterocycles. The highest BCUT2D eigenvalue weighted by Crippen LogP contribution is 2.55. The number of aliphatic hydroxyl groups excluding tert-OH is 2. The maximum Gasteiger partial charge on any atom is 0.509 e. The van der Waals surface area contributed by atoms with Crippen molar-refractivity contribution in [1.82, 2.24) is 78.1 Å². The molecule has 16 rings (SSSR count). The lowest BCUT2D eigenvalue weighted by molar-refractivity contribution is -0.0348. The van der Waals surface area contributed by atoms with Crippen LogP contribution in [0.25, 0.3) is 49.5 Å². The number of hydrogen-bond donors (Lipinski definition) is 7. The number of nitrogens with two attached hydrogens (primary N) is 1. The Morgan fingerprint density at radius 3 is 1.18 bits per heavy atom. The molecule has 12 heterocycles. The third-order valence-electron chi connectivity index (χ3n) is 19.9. The summed E-state index contributed by atoms with van der Waals surface area (Å²) >= 11 is 0. The van der Waals surface area contributed by atoms with Gasteiger partial charge in [0, 0.05) is 28.8 Å². The number of nitriles is 1. The van der Waals surface area contributed by atoms with Crippen LogP contribution >= 0.6 is 7.60 Å². The number of rotatable bonds is 26. The molecule has 4 fully saturated rings. The predicted molar refractivity (Wildman–Crippen MR) is 422 cm³/mol. The van der Waals surface area contributed by atoms with Gasteiger partial charge < -0.3 is 75.0 Å². The minimum Gasteiger partial charge on any atom is -0.426 e. The van der Waals surface area contributed by atoms with E-state index in [1.807, 2.05) is 6.07 Å². The van der Waals surface area contributed by atoms with Crippen LogP contribution in [0.5, 0.6) is 0 Å². The topological polar surface area (TPSA) is 493 Å². The number of nitrogens with zero attached hydrogens (tertiary/aromatic N) is 18. The van der Waals surface area contributed by atoms with Crippen molar-refractivity contribution < 1.29 is 93.8 Å². The van der Waals surface area contributed by atoms with E-state index in [1.54, 1.807) is 135 Å². The second kappa shape index (κ2) is 38.5. The zero-order valence-electron chi connectivity index (χ0n) is 64.5. The van der Waals surface area contributed by atoms with Gasteiger partial charge in [-0.2, -0.15) is 5.26 Å². The van der Waals surface area contributed by atoms with Crippen LogP contribution in [-0.2, 0) is 42.0 Å². The third-order valence-corrected chi connectivity index (χ3v) is 21.8. The van der Waals surface area contributed by atoms with Crippen molar-refractivity contribution in [3.05, 3.63) is 206 Å². The fraction of sp³-hybridized carbons (Fsp3) is 0.346. The van der Waals surface area contributed by atoms with Gasteiger partial charge in [0.05, 0.1) is 62.8 Å². The molecule has 0 bridgehead atoms. The third kappa shape index (κ3) is 18.4. The molecule has 12 aromatic rings. The number of aromatic nitrogens is 16. The van der Waals surface area contributed by atoms with Crippen LogP contribution in [0.3, 0.4) is 0 Å². The van der Waals surface area contributed by atoms with Crippen molar-refractivity contribution in [2.75, 3.05) is 53.7 Å². The summed E-state index contributed by atoms with van der Waals surface area (Å²) in [6.45, 7) is 9.69. The Labute approximate surface area is 688 Å². The molecule has 44 heteroatoms. The van der Waals surface area contributed by atoms with Crippen LogP contribution in [0.1, 0.15) is 106 Å². The smallest absolute Gasteiger partial charge is 0.426 e. The monoisotopic (exact) mass is 1700 g/mol. The van der Waals surface area contributed by atoms with Gasteiger partial charge in [-0.3, -0.25) is 46.5 Å². The minimum atomic E-state index is -4.32. The van der Waals surface area contributed by atoms with Crippen molar-refractivity contribution in [1.29, 1.82) is 5.26 Å². The molecule has 4 aliphatic rings. The van der Waals surface area contributed by atoms with Gasteiger partial charge in [0.2, 0.25) is 6.54 Å². The number of benzene rings is 4. The summed E-state index contributed by atoms with van der Waals surface area (Å²) in [5.74, 6) is -1.13. The zero-order chi connectivity index (χ0) is 85.7. The van der Waals surface area contributed by atoms with E-state index in [0.29, 0.717) is 28.7 Å². The molecule has 4 saturated heterocycles. The second-order valence-electron chi connectivity index (χ2n) is 27.5. The van der Waals surface area contributed by atoms with E-state index in [-0.39, 0.29) is 125 Å². The van der Waals surface area contributed by atoms with Crippen LogP contribution in [0.15, 0.2) is 172 Å². The first-order valence-electron chi connectivity index (χ1n) is 38.1.